The maximum atomic E-state index is 4.51. The van der Waals surface area contributed by atoms with Crippen LogP contribution in [0.3, 0.4) is 0 Å². The van der Waals surface area contributed by atoms with Crippen molar-refractivity contribution < 1.29 is 0 Å². The van der Waals surface area contributed by atoms with Crippen LogP contribution in [0, 0.1) is 6.92 Å². The van der Waals surface area contributed by atoms with Crippen molar-refractivity contribution in [3.05, 3.63) is 42.0 Å². The third-order valence-corrected chi connectivity index (χ3v) is 2.91. The van der Waals surface area contributed by atoms with Crippen LogP contribution in [0.25, 0.3) is 0 Å². The van der Waals surface area contributed by atoms with Gasteiger partial charge in [-0.2, -0.15) is 0 Å². The summed E-state index contributed by atoms with van der Waals surface area (Å²) in [7, 11) is 1.87. The zero-order valence-electron chi connectivity index (χ0n) is 11.6. The first kappa shape index (κ1) is 13.3. The fourth-order valence-electron chi connectivity index (χ4n) is 1.91. The van der Waals surface area contributed by atoms with Gasteiger partial charge >= 0.3 is 0 Å². The lowest BCUT2D eigenvalue weighted by Gasteiger charge is -2.22. The molecule has 2 heterocycles. The molecular weight excluding hydrogens is 238 g/mol. The van der Waals surface area contributed by atoms with Crippen LogP contribution in [0.4, 0.5) is 11.6 Å². The van der Waals surface area contributed by atoms with Gasteiger partial charge in [-0.3, -0.25) is 4.98 Å². The number of aromatic nitrogens is 3. The topological polar surface area (TPSA) is 53.9 Å². The molecule has 0 atom stereocenters. The van der Waals surface area contributed by atoms with Gasteiger partial charge in [0, 0.05) is 38.6 Å². The number of aryl methyl sites for hydroxylation is 1. The third-order valence-electron chi connectivity index (χ3n) is 2.91. The Labute approximate surface area is 113 Å². The minimum absolute atomic E-state index is 0.773. The van der Waals surface area contributed by atoms with Gasteiger partial charge in [-0.05, 0) is 31.5 Å². The molecule has 5 heteroatoms. The van der Waals surface area contributed by atoms with E-state index in [0.29, 0.717) is 0 Å². The fourth-order valence-corrected chi connectivity index (χ4v) is 1.91. The molecule has 0 bridgehead atoms. The largest absolute Gasteiger partial charge is 0.373 e. The summed E-state index contributed by atoms with van der Waals surface area (Å²) >= 11 is 0. The van der Waals surface area contributed by atoms with Gasteiger partial charge in [0.05, 0.1) is 0 Å². The molecule has 2 aromatic heterocycles. The van der Waals surface area contributed by atoms with Crippen LogP contribution < -0.4 is 10.2 Å². The van der Waals surface area contributed by atoms with Gasteiger partial charge in [0.1, 0.15) is 17.5 Å². The summed E-state index contributed by atoms with van der Waals surface area (Å²) in [6.07, 6.45) is 3.63. The van der Waals surface area contributed by atoms with Crippen molar-refractivity contribution in [2.75, 3.05) is 23.8 Å². The van der Waals surface area contributed by atoms with Crippen LogP contribution in [0.15, 0.2) is 30.6 Å². The molecular formula is C14H19N5. The van der Waals surface area contributed by atoms with Crippen molar-refractivity contribution >= 4 is 11.6 Å². The molecule has 19 heavy (non-hydrogen) atoms. The molecule has 0 radical (unpaired) electrons. The fraction of sp³-hybridized carbons (Fsp3) is 0.357. The summed E-state index contributed by atoms with van der Waals surface area (Å²) in [5.41, 5.74) is 1.22. The van der Waals surface area contributed by atoms with Gasteiger partial charge < -0.3 is 10.2 Å². The molecule has 0 aromatic carbocycles. The molecule has 0 amide bonds. The van der Waals surface area contributed by atoms with E-state index in [4.69, 9.17) is 0 Å². The maximum Gasteiger partial charge on any atom is 0.134 e. The third kappa shape index (κ3) is 3.40. The molecule has 0 unspecified atom stereocenters. The van der Waals surface area contributed by atoms with Gasteiger partial charge in [0.2, 0.25) is 0 Å². The first-order valence-electron chi connectivity index (χ1n) is 6.40. The van der Waals surface area contributed by atoms with Crippen molar-refractivity contribution in [3.63, 3.8) is 0 Å². The minimum Gasteiger partial charge on any atom is -0.373 e. The number of nitrogens with zero attached hydrogens (tertiary/aromatic N) is 4. The Kier molecular flexibility index (Phi) is 4.28. The second kappa shape index (κ2) is 6.13. The van der Waals surface area contributed by atoms with E-state index < -0.39 is 0 Å². The number of rotatable bonds is 5. The first-order chi connectivity index (χ1) is 9.22. The zero-order valence-corrected chi connectivity index (χ0v) is 11.6. The summed E-state index contributed by atoms with van der Waals surface area (Å²) in [4.78, 5) is 15.1. The van der Waals surface area contributed by atoms with Crippen molar-refractivity contribution in [2.45, 2.75) is 20.4 Å². The van der Waals surface area contributed by atoms with Crippen LogP contribution in [-0.4, -0.2) is 28.5 Å². The highest BCUT2D eigenvalue weighted by molar-refractivity contribution is 5.49. The highest BCUT2D eigenvalue weighted by atomic mass is 15.2. The van der Waals surface area contributed by atoms with Crippen molar-refractivity contribution in [2.24, 2.45) is 0 Å². The lowest BCUT2D eigenvalue weighted by Crippen LogP contribution is -2.23. The Morgan fingerprint density at radius 2 is 1.95 bits per heavy atom. The molecule has 0 fully saturated rings. The normalized spacial score (nSPS) is 10.3. The van der Waals surface area contributed by atoms with Crippen molar-refractivity contribution in [3.8, 4) is 0 Å². The predicted molar refractivity (Wildman–Crippen MR) is 77.3 cm³/mol. The number of hydrogen-bond donors (Lipinski definition) is 1. The standard InChI is InChI=1S/C14H19N5/c1-4-19(10-12-5-7-16-8-6-12)14-9-13(15-3)17-11(2)18-14/h5-9H,4,10H2,1-3H3,(H,15,17,18). The van der Waals surface area contributed by atoms with Crippen LogP contribution in [0.1, 0.15) is 18.3 Å². The molecule has 0 saturated carbocycles. The summed E-state index contributed by atoms with van der Waals surface area (Å²) in [6, 6.07) is 6.02. The van der Waals surface area contributed by atoms with E-state index in [1.165, 1.54) is 5.56 Å². The molecule has 100 valence electrons. The van der Waals surface area contributed by atoms with E-state index in [1.54, 1.807) is 0 Å². The zero-order chi connectivity index (χ0) is 13.7. The van der Waals surface area contributed by atoms with Gasteiger partial charge in [-0.15, -0.1) is 0 Å². The first-order valence-corrected chi connectivity index (χ1v) is 6.40. The van der Waals surface area contributed by atoms with E-state index in [2.05, 4.69) is 32.1 Å². The molecule has 2 aromatic rings. The number of anilines is 2. The van der Waals surface area contributed by atoms with Gasteiger partial charge in [0.15, 0.2) is 0 Å². The Balaban J connectivity index is 2.24. The summed E-state index contributed by atoms with van der Waals surface area (Å²) in [6.45, 7) is 5.74. The molecule has 0 aliphatic rings. The maximum absolute atomic E-state index is 4.51. The Morgan fingerprint density at radius 3 is 2.58 bits per heavy atom. The highest BCUT2D eigenvalue weighted by Gasteiger charge is 2.09. The molecule has 0 aliphatic carbocycles. The van der Waals surface area contributed by atoms with Crippen LogP contribution in [0.5, 0.6) is 0 Å². The van der Waals surface area contributed by atoms with Gasteiger partial charge in [0.25, 0.3) is 0 Å². The minimum atomic E-state index is 0.773. The smallest absolute Gasteiger partial charge is 0.134 e. The monoisotopic (exact) mass is 257 g/mol. The lowest BCUT2D eigenvalue weighted by molar-refractivity contribution is 0.803. The van der Waals surface area contributed by atoms with Crippen LogP contribution in [0.2, 0.25) is 0 Å². The average molecular weight is 257 g/mol. The Bertz CT molecular complexity index is 527. The van der Waals surface area contributed by atoms with Crippen LogP contribution >= 0.6 is 0 Å². The Hall–Kier alpha value is -2.17. The highest BCUT2D eigenvalue weighted by Crippen LogP contribution is 2.17. The molecule has 2 rings (SSSR count). The summed E-state index contributed by atoms with van der Waals surface area (Å²) in [5.74, 6) is 2.56. The molecule has 0 aliphatic heterocycles. The van der Waals surface area contributed by atoms with E-state index in [-0.39, 0.29) is 0 Å². The average Bonchev–Trinajstić information content (AvgIpc) is 2.45. The molecule has 0 saturated heterocycles. The van der Waals surface area contributed by atoms with Crippen molar-refractivity contribution in [1.82, 2.24) is 15.0 Å². The number of pyridine rings is 1. The quantitative estimate of drug-likeness (QED) is 0.890. The van der Waals surface area contributed by atoms with E-state index in [9.17, 15) is 0 Å². The molecule has 5 nitrogen and oxygen atoms in total. The lowest BCUT2D eigenvalue weighted by atomic mass is 10.2. The van der Waals surface area contributed by atoms with E-state index in [0.717, 1.165) is 30.5 Å². The molecule has 0 spiro atoms. The van der Waals surface area contributed by atoms with Crippen LogP contribution in [-0.2, 0) is 6.54 Å². The predicted octanol–water partition coefficient (Wildman–Crippen LogP) is 2.25. The van der Waals surface area contributed by atoms with Gasteiger partial charge in [-0.25, -0.2) is 9.97 Å². The SMILES string of the molecule is CCN(Cc1ccncc1)c1cc(NC)nc(C)n1. The summed E-state index contributed by atoms with van der Waals surface area (Å²) < 4.78 is 0. The van der Waals surface area contributed by atoms with Crippen molar-refractivity contribution in [1.29, 1.82) is 0 Å². The number of nitrogens with one attached hydrogen (secondary N) is 1. The second-order valence-electron chi connectivity index (χ2n) is 4.28. The second-order valence-corrected chi connectivity index (χ2v) is 4.28. The van der Waals surface area contributed by atoms with Gasteiger partial charge in [-0.1, -0.05) is 0 Å². The summed E-state index contributed by atoms with van der Waals surface area (Å²) in [5, 5.41) is 3.06. The number of hydrogen-bond acceptors (Lipinski definition) is 5. The van der Waals surface area contributed by atoms with E-state index in [1.807, 2.05) is 44.6 Å². The molecule has 1 N–H and O–H groups in total. The Morgan fingerprint density at radius 1 is 1.21 bits per heavy atom. The van der Waals surface area contributed by atoms with E-state index >= 15 is 0 Å².